The quantitative estimate of drug-likeness (QED) is 0.468. The van der Waals surface area contributed by atoms with Gasteiger partial charge in [0.2, 0.25) is 0 Å². The summed E-state index contributed by atoms with van der Waals surface area (Å²) in [6, 6.07) is 12.5. The molecule has 0 aliphatic rings. The summed E-state index contributed by atoms with van der Waals surface area (Å²) in [5, 5.41) is 5.19. The van der Waals surface area contributed by atoms with E-state index < -0.39 is 11.4 Å². The van der Waals surface area contributed by atoms with E-state index in [1.807, 2.05) is 19.1 Å². The molecule has 4 aromatic rings. The zero-order valence-corrected chi connectivity index (χ0v) is 16.5. The molecule has 0 atom stereocenters. The summed E-state index contributed by atoms with van der Waals surface area (Å²) in [6.45, 7) is 1.55. The van der Waals surface area contributed by atoms with E-state index in [0.29, 0.717) is 21.7 Å². The van der Waals surface area contributed by atoms with Crippen molar-refractivity contribution in [2.24, 2.45) is 0 Å². The van der Waals surface area contributed by atoms with Crippen LogP contribution in [0.4, 0.5) is 4.39 Å². The molecule has 0 amide bonds. The third-order valence-electron chi connectivity index (χ3n) is 4.43. The predicted molar refractivity (Wildman–Crippen MR) is 109 cm³/mol. The van der Waals surface area contributed by atoms with Crippen molar-refractivity contribution in [1.82, 2.24) is 14.8 Å². The maximum Gasteiger partial charge on any atom is 0.294 e. The Balaban J connectivity index is 1.81. The highest BCUT2D eigenvalue weighted by Gasteiger charge is 2.18. The number of halogens is 1. The van der Waals surface area contributed by atoms with Gasteiger partial charge in [-0.15, -0.1) is 11.3 Å². The predicted octanol–water partition coefficient (Wildman–Crippen LogP) is 3.86. The van der Waals surface area contributed by atoms with Crippen molar-refractivity contribution in [2.75, 3.05) is 7.11 Å². The van der Waals surface area contributed by atoms with Gasteiger partial charge >= 0.3 is 0 Å². The lowest BCUT2D eigenvalue weighted by Gasteiger charge is -2.09. The lowest BCUT2D eigenvalue weighted by molar-refractivity contribution is 0.0966. The lowest BCUT2D eigenvalue weighted by atomic mass is 10.1. The highest BCUT2D eigenvalue weighted by Crippen LogP contribution is 2.30. The Labute approximate surface area is 169 Å². The van der Waals surface area contributed by atoms with E-state index in [2.05, 4.69) is 10.1 Å². The van der Waals surface area contributed by atoms with E-state index >= 15 is 0 Å². The molecule has 0 aliphatic carbocycles. The molecule has 0 radical (unpaired) electrons. The summed E-state index contributed by atoms with van der Waals surface area (Å²) in [4.78, 5) is 29.8. The number of nitrogens with zero attached hydrogens (tertiary/aromatic N) is 3. The Hall–Kier alpha value is -3.39. The number of aryl methyl sites for hydroxylation is 1. The third-order valence-corrected chi connectivity index (χ3v) is 5.41. The van der Waals surface area contributed by atoms with Crippen molar-refractivity contribution in [3.8, 4) is 17.0 Å². The third kappa shape index (κ3) is 3.66. The minimum Gasteiger partial charge on any atom is -0.497 e. The van der Waals surface area contributed by atoms with Gasteiger partial charge in [-0.3, -0.25) is 9.59 Å². The molecule has 0 unspecified atom stereocenters. The molecule has 0 spiro atoms. The molecule has 29 heavy (non-hydrogen) atoms. The molecule has 0 bridgehead atoms. The summed E-state index contributed by atoms with van der Waals surface area (Å²) in [5.41, 5.74) is 1.50. The molecule has 2 aromatic heterocycles. The van der Waals surface area contributed by atoms with E-state index in [9.17, 15) is 14.0 Å². The van der Waals surface area contributed by atoms with Gasteiger partial charge in [0.05, 0.1) is 16.8 Å². The van der Waals surface area contributed by atoms with Gasteiger partial charge in [-0.05, 0) is 55.5 Å². The van der Waals surface area contributed by atoms with Crippen molar-refractivity contribution in [1.29, 1.82) is 0 Å². The van der Waals surface area contributed by atoms with Crippen molar-refractivity contribution >= 4 is 27.3 Å². The Bertz CT molecular complexity index is 1260. The zero-order valence-electron chi connectivity index (χ0n) is 15.7. The van der Waals surface area contributed by atoms with Crippen LogP contribution < -0.4 is 10.3 Å². The van der Waals surface area contributed by atoms with Crippen LogP contribution in [0.2, 0.25) is 0 Å². The molecule has 0 aliphatic heterocycles. The van der Waals surface area contributed by atoms with Crippen LogP contribution in [0.1, 0.15) is 15.4 Å². The maximum atomic E-state index is 13.1. The van der Waals surface area contributed by atoms with Crippen LogP contribution in [0.5, 0.6) is 5.75 Å². The van der Waals surface area contributed by atoms with Gasteiger partial charge in [0.15, 0.2) is 11.3 Å². The lowest BCUT2D eigenvalue weighted by Crippen LogP contribution is -2.27. The number of carbonyl (C=O) groups excluding carboxylic acids is 1. The van der Waals surface area contributed by atoms with Crippen LogP contribution in [-0.4, -0.2) is 27.7 Å². The number of carbonyl (C=O) groups is 1. The molecule has 2 heterocycles. The average molecular weight is 409 g/mol. The number of hydrogen-bond donors (Lipinski definition) is 0. The van der Waals surface area contributed by atoms with Crippen LogP contribution in [-0.2, 0) is 6.54 Å². The van der Waals surface area contributed by atoms with Crippen LogP contribution in [0.25, 0.3) is 21.5 Å². The van der Waals surface area contributed by atoms with Gasteiger partial charge in [0.1, 0.15) is 23.8 Å². The molecular formula is C21H16FN3O3S. The Kier molecular flexibility index (Phi) is 4.94. The minimum absolute atomic E-state index is 0.264. The Morgan fingerprint density at radius 3 is 2.48 bits per heavy atom. The number of rotatable bonds is 5. The van der Waals surface area contributed by atoms with Crippen LogP contribution >= 0.6 is 11.3 Å². The standard InChI is InChI=1S/C21H16FN3O3S/c1-12-23-19-20(29-12)18(14-5-9-16(28-2)10-6-14)24-25(21(19)27)11-17(26)13-3-7-15(22)8-4-13/h3-10H,11H2,1-2H3. The number of ketones is 1. The van der Waals surface area contributed by atoms with Gasteiger partial charge in [0, 0.05) is 11.1 Å². The highest BCUT2D eigenvalue weighted by molar-refractivity contribution is 7.19. The van der Waals surface area contributed by atoms with Gasteiger partial charge in [-0.1, -0.05) is 0 Å². The van der Waals surface area contributed by atoms with Gasteiger partial charge in [-0.2, -0.15) is 5.10 Å². The average Bonchev–Trinajstić information content (AvgIpc) is 3.12. The number of fused-ring (bicyclic) bond motifs is 1. The SMILES string of the molecule is COc1ccc(-c2nn(CC(=O)c3ccc(F)cc3)c(=O)c3nc(C)sc23)cc1. The van der Waals surface area contributed by atoms with E-state index in [1.165, 1.54) is 35.6 Å². The number of methoxy groups -OCH3 is 1. The number of thiazole rings is 1. The van der Waals surface area contributed by atoms with Crippen molar-refractivity contribution < 1.29 is 13.9 Å². The molecule has 6 nitrogen and oxygen atoms in total. The molecule has 4 rings (SSSR count). The van der Waals surface area contributed by atoms with E-state index in [-0.39, 0.29) is 17.8 Å². The van der Waals surface area contributed by atoms with Gasteiger partial charge in [0.25, 0.3) is 5.56 Å². The number of ether oxygens (including phenoxy) is 1. The van der Waals surface area contributed by atoms with Crippen molar-refractivity contribution in [2.45, 2.75) is 13.5 Å². The molecule has 2 aromatic carbocycles. The summed E-state index contributed by atoms with van der Waals surface area (Å²) in [6.07, 6.45) is 0. The number of aromatic nitrogens is 3. The second-order valence-corrected chi connectivity index (χ2v) is 7.58. The molecule has 0 N–H and O–H groups in total. The van der Waals surface area contributed by atoms with E-state index in [1.54, 1.807) is 19.2 Å². The summed E-state index contributed by atoms with van der Waals surface area (Å²) >= 11 is 1.38. The Morgan fingerprint density at radius 1 is 1.14 bits per heavy atom. The minimum atomic E-state index is -0.433. The molecule has 146 valence electrons. The van der Waals surface area contributed by atoms with Crippen LogP contribution in [0.3, 0.4) is 0 Å². The number of hydrogen-bond acceptors (Lipinski definition) is 6. The summed E-state index contributed by atoms with van der Waals surface area (Å²) in [5.74, 6) is -0.0742. The second kappa shape index (κ2) is 7.56. The fraction of sp³-hybridized carbons (Fsp3) is 0.143. The maximum absolute atomic E-state index is 13.1. The van der Waals surface area contributed by atoms with Crippen molar-refractivity contribution in [3.05, 3.63) is 75.3 Å². The molecular weight excluding hydrogens is 393 g/mol. The monoisotopic (exact) mass is 409 g/mol. The van der Waals surface area contributed by atoms with E-state index in [0.717, 1.165) is 15.3 Å². The molecule has 0 saturated heterocycles. The van der Waals surface area contributed by atoms with Gasteiger partial charge < -0.3 is 4.74 Å². The number of Topliss-reactive ketones (excluding diaryl/α,β-unsaturated/α-hetero) is 1. The van der Waals surface area contributed by atoms with Crippen LogP contribution in [0.15, 0.2) is 53.3 Å². The first-order valence-electron chi connectivity index (χ1n) is 8.77. The van der Waals surface area contributed by atoms with E-state index in [4.69, 9.17) is 4.74 Å². The fourth-order valence-electron chi connectivity index (χ4n) is 2.97. The number of benzene rings is 2. The molecule has 0 saturated carbocycles. The first-order chi connectivity index (χ1) is 14.0. The second-order valence-electron chi connectivity index (χ2n) is 6.38. The zero-order chi connectivity index (χ0) is 20.5. The highest BCUT2D eigenvalue weighted by atomic mass is 32.1. The topological polar surface area (TPSA) is 74.1 Å². The van der Waals surface area contributed by atoms with Crippen LogP contribution in [0, 0.1) is 12.7 Å². The summed E-state index contributed by atoms with van der Waals surface area (Å²) < 4.78 is 20.1. The molecule has 8 heteroatoms. The summed E-state index contributed by atoms with van der Waals surface area (Å²) in [7, 11) is 1.58. The fourth-order valence-corrected chi connectivity index (χ4v) is 3.89. The Morgan fingerprint density at radius 2 is 1.83 bits per heavy atom. The van der Waals surface area contributed by atoms with Gasteiger partial charge in [-0.25, -0.2) is 14.1 Å². The van der Waals surface area contributed by atoms with Crippen molar-refractivity contribution in [3.63, 3.8) is 0 Å². The first kappa shape index (κ1) is 18.9. The largest absolute Gasteiger partial charge is 0.497 e. The molecule has 0 fully saturated rings. The smallest absolute Gasteiger partial charge is 0.294 e. The first-order valence-corrected chi connectivity index (χ1v) is 9.59. The normalized spacial score (nSPS) is 11.0.